The fourth-order valence-electron chi connectivity index (χ4n) is 2.89. The molecule has 0 aromatic heterocycles. The number of benzene rings is 3. The second kappa shape index (κ2) is 10.1. The maximum absolute atomic E-state index is 12.5. The lowest BCUT2D eigenvalue weighted by atomic mass is 10.1. The Morgan fingerprint density at radius 2 is 1.39 bits per heavy atom. The third-order valence-corrected chi connectivity index (χ3v) is 4.52. The van der Waals surface area contributed by atoms with E-state index in [9.17, 15) is 9.59 Å². The average Bonchev–Trinajstić information content (AvgIpc) is 2.82. The lowest BCUT2D eigenvalue weighted by molar-refractivity contribution is 0.0731. The van der Waals surface area contributed by atoms with Gasteiger partial charge in [0.05, 0.1) is 26.9 Å². The van der Waals surface area contributed by atoms with E-state index >= 15 is 0 Å². The normalized spacial score (nSPS) is 10.5. The highest BCUT2D eigenvalue weighted by atomic mass is 16.5. The first-order valence-electron chi connectivity index (χ1n) is 9.45. The molecule has 0 aliphatic carbocycles. The van der Waals surface area contributed by atoms with Crippen LogP contribution >= 0.6 is 0 Å². The van der Waals surface area contributed by atoms with Gasteiger partial charge in [0.25, 0.3) is 0 Å². The first-order chi connectivity index (χ1) is 15.0. The van der Waals surface area contributed by atoms with Crippen molar-refractivity contribution >= 4 is 17.8 Å². The van der Waals surface area contributed by atoms with Crippen molar-refractivity contribution in [2.45, 2.75) is 0 Å². The van der Waals surface area contributed by atoms with E-state index in [2.05, 4.69) is 0 Å². The molecule has 0 N–H and O–H groups in total. The maximum Gasteiger partial charge on any atom is 0.347 e. The number of esters is 1. The largest absolute Gasteiger partial charge is 0.497 e. The number of hydrogen-bond acceptors (Lipinski definition) is 6. The van der Waals surface area contributed by atoms with Crippen LogP contribution < -0.4 is 18.9 Å². The predicted octanol–water partition coefficient (Wildman–Crippen LogP) is 4.83. The molecule has 0 radical (unpaired) electrons. The number of rotatable bonds is 8. The van der Waals surface area contributed by atoms with Gasteiger partial charge in [-0.05, 0) is 48.0 Å². The van der Waals surface area contributed by atoms with E-state index in [1.807, 2.05) is 0 Å². The summed E-state index contributed by atoms with van der Waals surface area (Å²) in [5.41, 5.74) is 1.55. The minimum atomic E-state index is -0.512. The molecule has 0 amide bonds. The summed E-state index contributed by atoms with van der Waals surface area (Å²) >= 11 is 0. The average molecular weight is 418 g/mol. The van der Waals surface area contributed by atoms with Gasteiger partial charge in [-0.2, -0.15) is 0 Å². The van der Waals surface area contributed by atoms with Crippen molar-refractivity contribution in [3.63, 3.8) is 0 Å². The summed E-state index contributed by atoms with van der Waals surface area (Å²) in [7, 11) is 4.55. The molecular formula is C25H22O6. The van der Waals surface area contributed by atoms with E-state index in [0.29, 0.717) is 34.1 Å². The van der Waals surface area contributed by atoms with E-state index in [1.54, 1.807) is 79.9 Å². The van der Waals surface area contributed by atoms with Crippen molar-refractivity contribution in [2.75, 3.05) is 21.3 Å². The Balaban J connectivity index is 1.68. The van der Waals surface area contributed by atoms with Crippen molar-refractivity contribution in [3.05, 3.63) is 89.5 Å². The Hall–Kier alpha value is -4.06. The molecule has 0 aliphatic heterocycles. The van der Waals surface area contributed by atoms with Gasteiger partial charge in [0.1, 0.15) is 28.6 Å². The molecule has 0 saturated carbocycles. The zero-order valence-corrected chi connectivity index (χ0v) is 17.5. The minimum Gasteiger partial charge on any atom is -0.497 e. The van der Waals surface area contributed by atoms with Gasteiger partial charge in [-0.3, -0.25) is 4.79 Å². The Morgan fingerprint density at radius 1 is 0.710 bits per heavy atom. The summed E-state index contributed by atoms with van der Waals surface area (Å²) in [4.78, 5) is 24.9. The number of ether oxygens (including phenoxy) is 4. The van der Waals surface area contributed by atoms with Gasteiger partial charge in [-0.1, -0.05) is 30.3 Å². The molecule has 6 heteroatoms. The zero-order valence-electron chi connectivity index (χ0n) is 17.5. The lowest BCUT2D eigenvalue weighted by Crippen LogP contribution is -2.09. The van der Waals surface area contributed by atoms with Gasteiger partial charge in [0, 0.05) is 6.07 Å². The molecule has 3 rings (SSSR count). The molecule has 158 valence electrons. The molecular weight excluding hydrogens is 396 g/mol. The van der Waals surface area contributed by atoms with Crippen LogP contribution in [0.5, 0.6) is 23.0 Å². The van der Waals surface area contributed by atoms with Crippen LogP contribution in [0.2, 0.25) is 0 Å². The predicted molar refractivity (Wildman–Crippen MR) is 117 cm³/mol. The van der Waals surface area contributed by atoms with Crippen LogP contribution in [0, 0.1) is 0 Å². The highest BCUT2D eigenvalue weighted by Crippen LogP contribution is 2.26. The molecule has 0 bridgehead atoms. The highest BCUT2D eigenvalue weighted by molar-refractivity contribution is 6.08. The lowest BCUT2D eigenvalue weighted by Gasteiger charge is -2.08. The van der Waals surface area contributed by atoms with Crippen molar-refractivity contribution < 1.29 is 28.5 Å². The van der Waals surface area contributed by atoms with E-state index in [0.717, 1.165) is 5.56 Å². The Bertz CT molecular complexity index is 1100. The van der Waals surface area contributed by atoms with Crippen molar-refractivity contribution in [2.24, 2.45) is 0 Å². The quantitative estimate of drug-likeness (QED) is 0.226. The Kier molecular flexibility index (Phi) is 7.06. The molecule has 3 aromatic rings. The molecule has 3 aromatic carbocycles. The molecule has 0 aliphatic rings. The fourth-order valence-corrected chi connectivity index (χ4v) is 2.89. The molecule has 0 saturated heterocycles. The number of methoxy groups -OCH3 is 3. The SMILES string of the molecule is COc1ccc(C(=O)C=Cc2ccc(OC(=O)c3ccccc3OC)cc2)c(OC)c1. The Labute approximate surface area is 180 Å². The maximum atomic E-state index is 12.5. The van der Waals surface area contributed by atoms with Gasteiger partial charge < -0.3 is 18.9 Å². The van der Waals surface area contributed by atoms with Gasteiger partial charge in [-0.25, -0.2) is 4.79 Å². The van der Waals surface area contributed by atoms with Gasteiger partial charge >= 0.3 is 5.97 Å². The number of allylic oxidation sites excluding steroid dienone is 1. The van der Waals surface area contributed by atoms with E-state index in [4.69, 9.17) is 18.9 Å². The number of para-hydroxylation sites is 1. The summed E-state index contributed by atoms with van der Waals surface area (Å²) < 4.78 is 21.0. The van der Waals surface area contributed by atoms with Crippen LogP contribution in [0.1, 0.15) is 26.3 Å². The van der Waals surface area contributed by atoms with Crippen molar-refractivity contribution in [3.8, 4) is 23.0 Å². The van der Waals surface area contributed by atoms with E-state index in [-0.39, 0.29) is 5.78 Å². The summed E-state index contributed by atoms with van der Waals surface area (Å²) in [6, 6.07) is 18.7. The van der Waals surface area contributed by atoms with Crippen LogP contribution in [0.25, 0.3) is 6.08 Å². The molecule has 0 spiro atoms. The third kappa shape index (κ3) is 5.30. The smallest absolute Gasteiger partial charge is 0.347 e. The van der Waals surface area contributed by atoms with Crippen LogP contribution in [0.15, 0.2) is 72.8 Å². The van der Waals surface area contributed by atoms with Gasteiger partial charge in [0.2, 0.25) is 0 Å². The van der Waals surface area contributed by atoms with E-state index < -0.39 is 5.97 Å². The zero-order chi connectivity index (χ0) is 22.2. The van der Waals surface area contributed by atoms with Crippen molar-refractivity contribution in [1.82, 2.24) is 0 Å². The van der Waals surface area contributed by atoms with Gasteiger partial charge in [0.15, 0.2) is 5.78 Å². The van der Waals surface area contributed by atoms with Crippen LogP contribution in [0.3, 0.4) is 0 Å². The van der Waals surface area contributed by atoms with Crippen LogP contribution in [0.4, 0.5) is 0 Å². The summed E-state index contributed by atoms with van der Waals surface area (Å²) in [6.45, 7) is 0. The molecule has 0 fully saturated rings. The molecule has 0 heterocycles. The third-order valence-electron chi connectivity index (χ3n) is 4.52. The number of hydrogen-bond donors (Lipinski definition) is 0. The monoisotopic (exact) mass is 418 g/mol. The van der Waals surface area contributed by atoms with Crippen LogP contribution in [-0.4, -0.2) is 33.1 Å². The summed E-state index contributed by atoms with van der Waals surface area (Å²) in [5.74, 6) is 1.16. The van der Waals surface area contributed by atoms with Crippen molar-refractivity contribution in [1.29, 1.82) is 0 Å². The highest BCUT2D eigenvalue weighted by Gasteiger charge is 2.14. The summed E-state index contributed by atoms with van der Waals surface area (Å²) in [6.07, 6.45) is 3.14. The topological polar surface area (TPSA) is 71.1 Å². The standard InChI is InChI=1S/C25H22O6/c1-28-19-13-14-20(24(16-19)30-3)22(26)15-10-17-8-11-18(12-9-17)31-25(27)21-6-4-5-7-23(21)29-2/h4-16H,1-3H3. The van der Waals surface area contributed by atoms with Gasteiger partial charge in [-0.15, -0.1) is 0 Å². The second-order valence-corrected chi connectivity index (χ2v) is 6.42. The minimum absolute atomic E-state index is 0.203. The van der Waals surface area contributed by atoms with Crippen LogP contribution in [-0.2, 0) is 0 Å². The number of ketones is 1. The first kappa shape index (κ1) is 21.6. The number of carbonyl (C=O) groups excluding carboxylic acids is 2. The van der Waals surface area contributed by atoms with E-state index in [1.165, 1.54) is 20.3 Å². The first-order valence-corrected chi connectivity index (χ1v) is 9.45. The fraction of sp³-hybridized carbons (Fsp3) is 0.120. The molecule has 6 nitrogen and oxygen atoms in total. The second-order valence-electron chi connectivity index (χ2n) is 6.42. The number of carbonyl (C=O) groups is 2. The Morgan fingerprint density at radius 3 is 2.06 bits per heavy atom. The molecule has 31 heavy (non-hydrogen) atoms. The molecule has 0 atom stereocenters. The summed E-state index contributed by atoms with van der Waals surface area (Å²) in [5, 5.41) is 0. The molecule has 0 unspecified atom stereocenters.